The normalized spacial score (nSPS) is 12.9. The van der Waals surface area contributed by atoms with Gasteiger partial charge in [-0.1, -0.05) is 24.6 Å². The van der Waals surface area contributed by atoms with Gasteiger partial charge in [-0.3, -0.25) is 4.99 Å². The van der Waals surface area contributed by atoms with Crippen molar-refractivity contribution < 1.29 is 4.74 Å². The minimum absolute atomic E-state index is 0.408. The number of aliphatic imine (C=N–C) groups is 1. The molecule has 112 valence electrons. The Morgan fingerprint density at radius 2 is 2.20 bits per heavy atom. The summed E-state index contributed by atoms with van der Waals surface area (Å²) in [4.78, 5) is 4.20. The van der Waals surface area contributed by atoms with Crippen LogP contribution in [0, 0.1) is 0 Å². The highest BCUT2D eigenvalue weighted by Gasteiger charge is 2.05. The van der Waals surface area contributed by atoms with E-state index in [9.17, 15) is 0 Å². The fourth-order valence-electron chi connectivity index (χ4n) is 1.70. The lowest BCUT2D eigenvalue weighted by Gasteiger charge is -2.16. The summed E-state index contributed by atoms with van der Waals surface area (Å²) in [5, 5.41) is 7.34. The highest BCUT2D eigenvalue weighted by Crippen LogP contribution is 2.22. The smallest absolute Gasteiger partial charge is 0.191 e. The van der Waals surface area contributed by atoms with E-state index < -0.39 is 0 Å². The molecule has 0 radical (unpaired) electrons. The second-order valence-corrected chi connectivity index (χ2v) is 5.07. The summed E-state index contributed by atoms with van der Waals surface area (Å²) in [7, 11) is 3.41. The Morgan fingerprint density at radius 1 is 1.45 bits per heavy atom. The Bertz CT molecular complexity index is 449. The highest BCUT2D eigenvalue weighted by molar-refractivity contribution is 6.31. The van der Waals surface area contributed by atoms with Crippen LogP contribution < -0.4 is 15.4 Å². The third-order valence-electron chi connectivity index (χ3n) is 3.17. The van der Waals surface area contributed by atoms with Crippen molar-refractivity contribution in [3.8, 4) is 5.75 Å². The van der Waals surface area contributed by atoms with Crippen LogP contribution in [0.5, 0.6) is 5.75 Å². The van der Waals surface area contributed by atoms with Crippen molar-refractivity contribution in [2.24, 2.45) is 4.99 Å². The van der Waals surface area contributed by atoms with E-state index in [2.05, 4.69) is 29.5 Å². The van der Waals surface area contributed by atoms with Gasteiger partial charge in [-0.2, -0.15) is 0 Å². The third-order valence-corrected chi connectivity index (χ3v) is 3.52. The lowest BCUT2D eigenvalue weighted by Crippen LogP contribution is -2.42. The minimum Gasteiger partial charge on any atom is -0.497 e. The van der Waals surface area contributed by atoms with Crippen LogP contribution in [-0.4, -0.2) is 32.7 Å². The van der Waals surface area contributed by atoms with Gasteiger partial charge in [-0.15, -0.1) is 0 Å². The molecule has 2 N–H and O–H groups in total. The fourth-order valence-corrected chi connectivity index (χ4v) is 1.97. The Labute approximate surface area is 126 Å². The van der Waals surface area contributed by atoms with Crippen LogP contribution in [0.2, 0.25) is 5.02 Å². The first-order valence-corrected chi connectivity index (χ1v) is 7.28. The molecule has 20 heavy (non-hydrogen) atoms. The summed E-state index contributed by atoms with van der Waals surface area (Å²) in [5.41, 5.74) is 1.10. The van der Waals surface area contributed by atoms with Gasteiger partial charge in [0.15, 0.2) is 5.96 Å². The summed E-state index contributed by atoms with van der Waals surface area (Å²) in [6.45, 7) is 5.05. The molecule has 0 heterocycles. The number of benzene rings is 1. The van der Waals surface area contributed by atoms with E-state index >= 15 is 0 Å². The van der Waals surface area contributed by atoms with Gasteiger partial charge in [0.2, 0.25) is 0 Å². The summed E-state index contributed by atoms with van der Waals surface area (Å²) >= 11 is 6.21. The van der Waals surface area contributed by atoms with E-state index in [4.69, 9.17) is 16.3 Å². The summed E-state index contributed by atoms with van der Waals surface area (Å²) < 4.78 is 5.14. The number of nitrogens with one attached hydrogen (secondary N) is 2. The largest absolute Gasteiger partial charge is 0.497 e. The highest BCUT2D eigenvalue weighted by atomic mass is 35.5. The average Bonchev–Trinajstić information content (AvgIpc) is 2.47. The van der Waals surface area contributed by atoms with E-state index in [0.717, 1.165) is 41.7 Å². The van der Waals surface area contributed by atoms with E-state index in [0.29, 0.717) is 6.04 Å². The maximum atomic E-state index is 6.21. The molecular formula is C15H24ClN3O. The van der Waals surface area contributed by atoms with Gasteiger partial charge in [0.05, 0.1) is 7.11 Å². The zero-order chi connectivity index (χ0) is 15.0. The van der Waals surface area contributed by atoms with E-state index in [1.807, 2.05) is 18.2 Å². The van der Waals surface area contributed by atoms with Crippen LogP contribution in [0.15, 0.2) is 23.2 Å². The molecule has 0 saturated heterocycles. The average molecular weight is 298 g/mol. The first-order chi connectivity index (χ1) is 9.60. The molecule has 1 aromatic carbocycles. The number of halogens is 1. The SMILES string of the molecule is CCC(C)NC(=NC)NCCc1ccc(OC)cc1Cl. The van der Waals surface area contributed by atoms with Crippen LogP contribution in [0.4, 0.5) is 0 Å². The van der Waals surface area contributed by atoms with Gasteiger partial charge in [0.1, 0.15) is 5.75 Å². The standard InChI is InChI=1S/C15H24ClN3O/c1-5-11(2)19-15(17-3)18-9-8-12-6-7-13(20-4)10-14(12)16/h6-7,10-11H,5,8-9H2,1-4H3,(H2,17,18,19). The minimum atomic E-state index is 0.408. The van der Waals surface area contributed by atoms with Crippen molar-refractivity contribution in [2.45, 2.75) is 32.7 Å². The molecule has 1 aromatic rings. The zero-order valence-corrected chi connectivity index (χ0v) is 13.4. The van der Waals surface area contributed by atoms with E-state index in [1.165, 1.54) is 0 Å². The summed E-state index contributed by atoms with van der Waals surface area (Å²) in [6, 6.07) is 6.16. The van der Waals surface area contributed by atoms with Crippen LogP contribution in [0.1, 0.15) is 25.8 Å². The summed E-state index contributed by atoms with van der Waals surface area (Å²) in [5.74, 6) is 1.60. The molecule has 0 fully saturated rings. The lowest BCUT2D eigenvalue weighted by molar-refractivity contribution is 0.414. The van der Waals surface area contributed by atoms with E-state index in [1.54, 1.807) is 14.2 Å². The van der Waals surface area contributed by atoms with Crippen molar-refractivity contribution >= 4 is 17.6 Å². The second-order valence-electron chi connectivity index (χ2n) is 4.66. The van der Waals surface area contributed by atoms with Crippen molar-refractivity contribution in [3.05, 3.63) is 28.8 Å². The lowest BCUT2D eigenvalue weighted by atomic mass is 10.1. The van der Waals surface area contributed by atoms with Gasteiger partial charge in [-0.05, 0) is 37.5 Å². The Morgan fingerprint density at radius 3 is 2.75 bits per heavy atom. The fraction of sp³-hybridized carbons (Fsp3) is 0.533. The quantitative estimate of drug-likeness (QED) is 0.627. The van der Waals surface area contributed by atoms with Crippen LogP contribution >= 0.6 is 11.6 Å². The third kappa shape index (κ3) is 5.29. The first kappa shape index (κ1) is 16.6. The molecule has 1 unspecified atom stereocenters. The molecule has 0 spiro atoms. The monoisotopic (exact) mass is 297 g/mol. The zero-order valence-electron chi connectivity index (χ0n) is 12.7. The van der Waals surface area contributed by atoms with Gasteiger partial charge in [0.25, 0.3) is 0 Å². The van der Waals surface area contributed by atoms with Crippen molar-refractivity contribution in [1.29, 1.82) is 0 Å². The molecule has 0 amide bonds. The molecule has 0 aliphatic rings. The van der Waals surface area contributed by atoms with Crippen molar-refractivity contribution in [1.82, 2.24) is 10.6 Å². The maximum absolute atomic E-state index is 6.21. The second kappa shape index (κ2) is 8.69. The number of rotatable bonds is 6. The predicted molar refractivity (Wildman–Crippen MR) is 86.0 cm³/mol. The number of ether oxygens (including phenoxy) is 1. The Kier molecular flexibility index (Phi) is 7.23. The van der Waals surface area contributed by atoms with Crippen LogP contribution in [0.25, 0.3) is 0 Å². The Balaban J connectivity index is 2.47. The maximum Gasteiger partial charge on any atom is 0.191 e. The molecule has 4 nitrogen and oxygen atoms in total. The first-order valence-electron chi connectivity index (χ1n) is 6.90. The number of hydrogen-bond acceptors (Lipinski definition) is 2. The topological polar surface area (TPSA) is 45.7 Å². The molecule has 0 saturated carbocycles. The van der Waals surface area contributed by atoms with Gasteiger partial charge < -0.3 is 15.4 Å². The van der Waals surface area contributed by atoms with Gasteiger partial charge in [-0.25, -0.2) is 0 Å². The van der Waals surface area contributed by atoms with Gasteiger partial charge in [0, 0.05) is 24.7 Å². The molecule has 0 aromatic heterocycles. The molecule has 0 bridgehead atoms. The number of guanidine groups is 1. The number of hydrogen-bond donors (Lipinski definition) is 2. The Hall–Kier alpha value is -1.42. The number of methoxy groups -OCH3 is 1. The van der Waals surface area contributed by atoms with Crippen molar-refractivity contribution in [3.63, 3.8) is 0 Å². The van der Waals surface area contributed by atoms with Crippen LogP contribution in [-0.2, 0) is 6.42 Å². The molecule has 0 aliphatic carbocycles. The summed E-state index contributed by atoms with van der Waals surface area (Å²) in [6.07, 6.45) is 1.90. The molecule has 5 heteroatoms. The van der Waals surface area contributed by atoms with Gasteiger partial charge >= 0.3 is 0 Å². The van der Waals surface area contributed by atoms with Crippen LogP contribution in [0.3, 0.4) is 0 Å². The molecular weight excluding hydrogens is 274 g/mol. The van der Waals surface area contributed by atoms with Crippen molar-refractivity contribution in [2.75, 3.05) is 20.7 Å². The number of nitrogens with zero attached hydrogens (tertiary/aromatic N) is 1. The molecule has 0 aliphatic heterocycles. The predicted octanol–water partition coefficient (Wildman–Crippen LogP) is 2.85. The molecule has 1 rings (SSSR count). The molecule has 1 atom stereocenters. The van der Waals surface area contributed by atoms with E-state index in [-0.39, 0.29) is 0 Å².